The molecule has 1 aromatic carbocycles. The second-order valence-electron chi connectivity index (χ2n) is 3.16. The summed E-state index contributed by atoms with van der Waals surface area (Å²) in [6, 6.07) is 5.86. The van der Waals surface area contributed by atoms with E-state index in [1.54, 1.807) is 4.31 Å². The summed E-state index contributed by atoms with van der Waals surface area (Å²) in [4.78, 5) is 10.2. The lowest BCUT2D eigenvalue weighted by Crippen LogP contribution is -2.06. The van der Waals surface area contributed by atoms with Crippen molar-refractivity contribution in [1.29, 1.82) is 0 Å². The van der Waals surface area contributed by atoms with Crippen molar-refractivity contribution < 1.29 is 9.53 Å². The van der Waals surface area contributed by atoms with Gasteiger partial charge in [-0.3, -0.25) is 4.79 Å². The van der Waals surface area contributed by atoms with E-state index in [2.05, 4.69) is 19.7 Å². The van der Waals surface area contributed by atoms with E-state index in [4.69, 9.17) is 4.74 Å². The van der Waals surface area contributed by atoms with E-state index in [9.17, 15) is 4.79 Å². The lowest BCUT2D eigenvalue weighted by Gasteiger charge is -2.16. The van der Waals surface area contributed by atoms with Gasteiger partial charge in [-0.2, -0.15) is 0 Å². The predicted octanol–water partition coefficient (Wildman–Crippen LogP) is 2.11. The van der Waals surface area contributed by atoms with Crippen LogP contribution in [0.25, 0.3) is 0 Å². The largest absolute Gasteiger partial charge is 0.484 e. The lowest BCUT2D eigenvalue weighted by atomic mass is 10.1. The van der Waals surface area contributed by atoms with Crippen LogP contribution >= 0.6 is 12.8 Å². The average Bonchev–Trinajstić information content (AvgIpc) is 2.26. The van der Waals surface area contributed by atoms with Crippen LogP contribution in [0.1, 0.15) is 12.5 Å². The summed E-state index contributed by atoms with van der Waals surface area (Å²) in [5.74, 6) is 0.678. The van der Waals surface area contributed by atoms with Gasteiger partial charge in [-0.05, 0) is 24.1 Å². The zero-order valence-corrected chi connectivity index (χ0v) is 9.83. The van der Waals surface area contributed by atoms with E-state index in [1.165, 1.54) is 5.56 Å². The first-order chi connectivity index (χ1) is 7.19. The maximum atomic E-state index is 10.2. The molecule has 15 heavy (non-hydrogen) atoms. The van der Waals surface area contributed by atoms with E-state index < -0.39 is 0 Å². The number of benzene rings is 1. The molecule has 82 valence electrons. The number of thiol groups is 1. The second-order valence-corrected chi connectivity index (χ2v) is 3.76. The van der Waals surface area contributed by atoms with E-state index in [-0.39, 0.29) is 6.61 Å². The van der Waals surface area contributed by atoms with Crippen molar-refractivity contribution in [1.82, 2.24) is 0 Å². The number of carbonyl (C=O) groups is 1. The van der Waals surface area contributed by atoms with Crippen LogP contribution in [0.4, 0.5) is 5.69 Å². The highest BCUT2D eigenvalue weighted by molar-refractivity contribution is 7.81. The fraction of sp³-hybridized carbons (Fsp3) is 0.364. The summed E-state index contributed by atoms with van der Waals surface area (Å²) >= 11 is 4.23. The van der Waals surface area contributed by atoms with Crippen LogP contribution in [0.15, 0.2) is 18.2 Å². The van der Waals surface area contributed by atoms with Crippen molar-refractivity contribution in [2.45, 2.75) is 13.3 Å². The fourth-order valence-corrected chi connectivity index (χ4v) is 1.44. The predicted molar refractivity (Wildman–Crippen MR) is 64.8 cm³/mol. The van der Waals surface area contributed by atoms with E-state index in [1.807, 2.05) is 25.2 Å². The first-order valence-electron chi connectivity index (χ1n) is 4.81. The number of hydrogen-bond donors (Lipinski definition) is 1. The minimum atomic E-state index is 0.0695. The molecule has 0 aliphatic heterocycles. The smallest absolute Gasteiger partial charge is 0.157 e. The molecule has 0 unspecified atom stereocenters. The molecule has 0 bridgehead atoms. The molecule has 1 aromatic rings. The highest BCUT2D eigenvalue weighted by Gasteiger charge is 2.06. The maximum Gasteiger partial charge on any atom is 0.157 e. The number of rotatable bonds is 5. The monoisotopic (exact) mass is 225 g/mol. The number of anilines is 1. The Labute approximate surface area is 95.6 Å². The Morgan fingerprint density at radius 3 is 2.80 bits per heavy atom. The standard InChI is InChI=1S/C11H15NO2S/c1-3-9-4-5-11(14-7-6-13)10(8-9)12(2)15/h4-6,8,15H,3,7H2,1-2H3. The van der Waals surface area contributed by atoms with Crippen molar-refractivity contribution in [3.05, 3.63) is 23.8 Å². The first-order valence-corrected chi connectivity index (χ1v) is 5.21. The summed E-state index contributed by atoms with van der Waals surface area (Å²) in [5.41, 5.74) is 2.09. The lowest BCUT2D eigenvalue weighted by molar-refractivity contribution is -0.109. The van der Waals surface area contributed by atoms with Gasteiger partial charge in [0.1, 0.15) is 12.4 Å². The summed E-state index contributed by atoms with van der Waals surface area (Å²) in [6.45, 7) is 2.16. The summed E-state index contributed by atoms with van der Waals surface area (Å²) in [5, 5.41) is 0. The summed E-state index contributed by atoms with van der Waals surface area (Å²) < 4.78 is 6.97. The molecule has 0 atom stereocenters. The van der Waals surface area contributed by atoms with E-state index >= 15 is 0 Å². The Kier molecular flexibility index (Phi) is 4.49. The highest BCUT2D eigenvalue weighted by Crippen LogP contribution is 2.29. The molecule has 0 heterocycles. The van der Waals surface area contributed by atoms with Crippen LogP contribution in [-0.4, -0.2) is 19.9 Å². The van der Waals surface area contributed by atoms with Gasteiger partial charge in [0.25, 0.3) is 0 Å². The van der Waals surface area contributed by atoms with Gasteiger partial charge in [0.15, 0.2) is 6.29 Å². The van der Waals surface area contributed by atoms with Crippen molar-refractivity contribution in [3.8, 4) is 5.75 Å². The Balaban J connectivity index is 2.98. The van der Waals surface area contributed by atoms with Crippen molar-refractivity contribution in [2.24, 2.45) is 0 Å². The van der Waals surface area contributed by atoms with Crippen molar-refractivity contribution >= 4 is 24.8 Å². The quantitative estimate of drug-likeness (QED) is 0.615. The Morgan fingerprint density at radius 2 is 2.27 bits per heavy atom. The Morgan fingerprint density at radius 1 is 1.53 bits per heavy atom. The van der Waals surface area contributed by atoms with Crippen LogP contribution in [0.5, 0.6) is 5.75 Å². The van der Waals surface area contributed by atoms with E-state index in [0.717, 1.165) is 18.4 Å². The van der Waals surface area contributed by atoms with Crippen LogP contribution in [0.3, 0.4) is 0 Å². The summed E-state index contributed by atoms with van der Waals surface area (Å²) in [7, 11) is 1.83. The molecule has 3 nitrogen and oxygen atoms in total. The molecule has 0 saturated carbocycles. The summed E-state index contributed by atoms with van der Waals surface area (Å²) in [6.07, 6.45) is 1.69. The van der Waals surface area contributed by atoms with Gasteiger partial charge in [-0.25, -0.2) is 0 Å². The van der Waals surface area contributed by atoms with Gasteiger partial charge in [-0.15, -0.1) is 0 Å². The number of nitrogens with zero attached hydrogens (tertiary/aromatic N) is 1. The number of carbonyl (C=O) groups excluding carboxylic acids is 1. The normalized spacial score (nSPS) is 9.80. The third-order valence-corrected chi connectivity index (χ3v) is 2.30. The second kappa shape index (κ2) is 5.66. The molecule has 0 saturated heterocycles. The molecule has 0 aromatic heterocycles. The Hall–Kier alpha value is -1.16. The number of aldehydes is 1. The van der Waals surface area contributed by atoms with Crippen molar-refractivity contribution in [3.63, 3.8) is 0 Å². The van der Waals surface area contributed by atoms with Crippen LogP contribution in [-0.2, 0) is 11.2 Å². The van der Waals surface area contributed by atoms with Crippen LogP contribution in [0, 0.1) is 0 Å². The SMILES string of the molecule is CCc1ccc(OCC=O)c(N(C)S)c1. The number of aryl methyl sites for hydroxylation is 1. The molecule has 0 fully saturated rings. The molecule has 1 rings (SSSR count). The fourth-order valence-electron chi connectivity index (χ4n) is 1.28. The minimum absolute atomic E-state index is 0.0695. The molecule has 0 amide bonds. The molecule has 0 aliphatic rings. The average molecular weight is 225 g/mol. The van der Waals surface area contributed by atoms with Gasteiger partial charge in [0.05, 0.1) is 5.69 Å². The van der Waals surface area contributed by atoms with Crippen LogP contribution in [0.2, 0.25) is 0 Å². The van der Waals surface area contributed by atoms with Crippen LogP contribution < -0.4 is 9.04 Å². The van der Waals surface area contributed by atoms with Gasteiger partial charge in [-0.1, -0.05) is 25.8 Å². The first kappa shape index (κ1) is 11.9. The molecule has 0 radical (unpaired) electrons. The van der Waals surface area contributed by atoms with Crippen molar-refractivity contribution in [2.75, 3.05) is 18.0 Å². The van der Waals surface area contributed by atoms with E-state index in [0.29, 0.717) is 5.75 Å². The van der Waals surface area contributed by atoms with Gasteiger partial charge in [0.2, 0.25) is 0 Å². The highest BCUT2D eigenvalue weighted by atomic mass is 32.1. The molecule has 0 aliphatic carbocycles. The number of hydrogen-bond acceptors (Lipinski definition) is 4. The van der Waals surface area contributed by atoms with Gasteiger partial charge in [0, 0.05) is 7.05 Å². The Bertz CT molecular complexity index is 339. The van der Waals surface area contributed by atoms with Gasteiger partial charge >= 0.3 is 0 Å². The topological polar surface area (TPSA) is 29.5 Å². The third-order valence-electron chi connectivity index (χ3n) is 2.09. The molecule has 0 N–H and O–H groups in total. The number of ether oxygens (including phenoxy) is 1. The van der Waals surface area contributed by atoms with Gasteiger partial charge < -0.3 is 9.04 Å². The zero-order chi connectivity index (χ0) is 11.3. The maximum absolute atomic E-state index is 10.2. The third kappa shape index (κ3) is 3.16. The molecule has 4 heteroatoms. The molecule has 0 spiro atoms. The molecular formula is C11H15NO2S. The minimum Gasteiger partial charge on any atom is -0.484 e. The molecular weight excluding hydrogens is 210 g/mol. The zero-order valence-electron chi connectivity index (χ0n) is 8.93.